The molecule has 1 heterocycles. The number of hydrogen-bond acceptors (Lipinski definition) is 4. The summed E-state index contributed by atoms with van der Waals surface area (Å²) in [6.07, 6.45) is 2.43. The van der Waals surface area contributed by atoms with Crippen molar-refractivity contribution in [2.45, 2.75) is 25.4 Å². The van der Waals surface area contributed by atoms with Crippen molar-refractivity contribution in [1.82, 2.24) is 4.90 Å². The summed E-state index contributed by atoms with van der Waals surface area (Å²) in [5, 5.41) is 8.51. The van der Waals surface area contributed by atoms with Gasteiger partial charge in [-0.05, 0) is 12.8 Å². The van der Waals surface area contributed by atoms with E-state index in [1.165, 1.54) is 11.9 Å². The first-order valence-corrected chi connectivity index (χ1v) is 5.74. The van der Waals surface area contributed by atoms with Crippen LogP contribution in [0.2, 0.25) is 0 Å². The number of ether oxygens (including phenoxy) is 2. The van der Waals surface area contributed by atoms with Gasteiger partial charge in [0.15, 0.2) is 0 Å². The monoisotopic (exact) mass is 245 g/mol. The van der Waals surface area contributed by atoms with E-state index in [0.29, 0.717) is 13.2 Å². The highest BCUT2D eigenvalue weighted by Crippen LogP contribution is 2.11. The summed E-state index contributed by atoms with van der Waals surface area (Å²) >= 11 is 0. The molecule has 1 aliphatic rings. The number of carboxylic acids is 1. The third-order valence-electron chi connectivity index (χ3n) is 2.59. The molecule has 98 valence electrons. The van der Waals surface area contributed by atoms with Crippen LogP contribution in [0, 0.1) is 0 Å². The van der Waals surface area contributed by atoms with Crippen LogP contribution in [0.4, 0.5) is 0 Å². The molecule has 1 atom stereocenters. The Morgan fingerprint density at radius 3 is 2.88 bits per heavy atom. The van der Waals surface area contributed by atoms with Gasteiger partial charge in [0.25, 0.3) is 0 Å². The van der Waals surface area contributed by atoms with E-state index in [2.05, 4.69) is 0 Å². The van der Waals surface area contributed by atoms with Crippen molar-refractivity contribution in [3.63, 3.8) is 0 Å². The first kappa shape index (κ1) is 13.9. The van der Waals surface area contributed by atoms with E-state index in [4.69, 9.17) is 14.6 Å². The third kappa shape index (κ3) is 5.65. The van der Waals surface area contributed by atoms with E-state index < -0.39 is 5.97 Å². The Hall–Kier alpha value is -1.14. The molecule has 1 unspecified atom stereocenters. The average molecular weight is 245 g/mol. The van der Waals surface area contributed by atoms with Gasteiger partial charge in [-0.2, -0.15) is 0 Å². The van der Waals surface area contributed by atoms with E-state index in [0.717, 1.165) is 19.4 Å². The van der Waals surface area contributed by atoms with Gasteiger partial charge < -0.3 is 19.5 Å². The molecule has 0 aliphatic carbocycles. The summed E-state index contributed by atoms with van der Waals surface area (Å²) < 4.78 is 10.7. The molecular weight excluding hydrogens is 226 g/mol. The number of carbonyl (C=O) groups excluding carboxylic acids is 1. The minimum Gasteiger partial charge on any atom is -0.480 e. The van der Waals surface area contributed by atoms with E-state index >= 15 is 0 Å². The zero-order valence-electron chi connectivity index (χ0n) is 10.1. The Morgan fingerprint density at radius 2 is 2.29 bits per heavy atom. The predicted octanol–water partition coefficient (Wildman–Crippen LogP) is 0.115. The fourth-order valence-electron chi connectivity index (χ4n) is 1.63. The van der Waals surface area contributed by atoms with Crippen molar-refractivity contribution in [2.24, 2.45) is 0 Å². The molecule has 0 aromatic heterocycles. The van der Waals surface area contributed by atoms with Crippen LogP contribution in [0.25, 0.3) is 0 Å². The number of hydrogen-bond donors (Lipinski definition) is 1. The van der Waals surface area contributed by atoms with Gasteiger partial charge in [-0.15, -0.1) is 0 Å². The highest BCUT2D eigenvalue weighted by atomic mass is 16.5. The number of carbonyl (C=O) groups is 2. The predicted molar refractivity (Wildman–Crippen MR) is 59.7 cm³/mol. The van der Waals surface area contributed by atoms with Crippen molar-refractivity contribution in [2.75, 3.05) is 33.4 Å². The second-order valence-corrected chi connectivity index (χ2v) is 4.10. The lowest BCUT2D eigenvalue weighted by atomic mass is 10.2. The van der Waals surface area contributed by atoms with Gasteiger partial charge in [-0.3, -0.25) is 9.59 Å². The standard InChI is InChI=1S/C11H19NO5/c1-12(7-11(14)15)10(13)4-6-16-8-9-3-2-5-17-9/h9H,2-8H2,1H3,(H,14,15). The molecular formula is C11H19NO5. The highest BCUT2D eigenvalue weighted by molar-refractivity contribution is 5.81. The Bertz CT molecular complexity index is 263. The average Bonchev–Trinajstić information content (AvgIpc) is 2.75. The van der Waals surface area contributed by atoms with Gasteiger partial charge in [0.2, 0.25) is 5.91 Å². The molecule has 6 nitrogen and oxygen atoms in total. The molecule has 1 fully saturated rings. The number of nitrogens with zero attached hydrogens (tertiary/aromatic N) is 1. The molecule has 0 saturated carbocycles. The maximum absolute atomic E-state index is 11.4. The van der Waals surface area contributed by atoms with Crippen molar-refractivity contribution in [3.8, 4) is 0 Å². The van der Waals surface area contributed by atoms with Crippen LogP contribution >= 0.6 is 0 Å². The maximum atomic E-state index is 11.4. The van der Waals surface area contributed by atoms with Crippen LogP contribution < -0.4 is 0 Å². The molecule has 0 bridgehead atoms. The molecule has 1 aliphatic heterocycles. The molecule has 1 rings (SSSR count). The quantitative estimate of drug-likeness (QED) is 0.644. The summed E-state index contributed by atoms with van der Waals surface area (Å²) in [7, 11) is 1.47. The number of amides is 1. The summed E-state index contributed by atoms with van der Waals surface area (Å²) in [6.45, 7) is 1.33. The van der Waals surface area contributed by atoms with Crippen molar-refractivity contribution < 1.29 is 24.2 Å². The van der Waals surface area contributed by atoms with Gasteiger partial charge in [0.1, 0.15) is 6.54 Å². The SMILES string of the molecule is CN(CC(=O)O)C(=O)CCOCC1CCCO1. The summed E-state index contributed by atoms with van der Waals surface area (Å²) in [4.78, 5) is 23.0. The Morgan fingerprint density at radius 1 is 1.53 bits per heavy atom. The van der Waals surface area contributed by atoms with Crippen LogP contribution in [-0.2, 0) is 19.1 Å². The number of likely N-dealkylation sites (N-methyl/N-ethyl adjacent to an activating group) is 1. The van der Waals surface area contributed by atoms with E-state index in [-0.39, 0.29) is 25.0 Å². The van der Waals surface area contributed by atoms with Gasteiger partial charge in [0, 0.05) is 13.7 Å². The Kier molecular flexibility index (Phi) is 5.93. The zero-order valence-corrected chi connectivity index (χ0v) is 10.1. The summed E-state index contributed by atoms with van der Waals surface area (Å²) in [5.41, 5.74) is 0. The first-order chi connectivity index (χ1) is 8.09. The van der Waals surface area contributed by atoms with Crippen molar-refractivity contribution >= 4 is 11.9 Å². The van der Waals surface area contributed by atoms with Crippen molar-refractivity contribution in [1.29, 1.82) is 0 Å². The lowest BCUT2D eigenvalue weighted by Gasteiger charge is -2.15. The molecule has 6 heteroatoms. The molecule has 1 amide bonds. The Labute approximate surface area is 100 Å². The second kappa shape index (κ2) is 7.24. The number of carboxylic acid groups (broad SMARTS) is 1. The molecule has 0 radical (unpaired) electrons. The van der Waals surface area contributed by atoms with Gasteiger partial charge >= 0.3 is 5.97 Å². The molecule has 1 N–H and O–H groups in total. The topological polar surface area (TPSA) is 76.1 Å². The van der Waals surface area contributed by atoms with E-state index in [1.54, 1.807) is 0 Å². The third-order valence-corrected chi connectivity index (χ3v) is 2.59. The molecule has 0 spiro atoms. The minimum absolute atomic E-state index is 0.154. The first-order valence-electron chi connectivity index (χ1n) is 5.74. The van der Waals surface area contributed by atoms with Gasteiger partial charge in [0.05, 0.1) is 25.7 Å². The summed E-state index contributed by atoms with van der Waals surface area (Å²) in [6, 6.07) is 0. The van der Waals surface area contributed by atoms with Crippen LogP contribution in [0.5, 0.6) is 0 Å². The summed E-state index contributed by atoms with van der Waals surface area (Å²) in [5.74, 6) is -1.24. The number of rotatable bonds is 7. The molecule has 0 aromatic carbocycles. The van der Waals surface area contributed by atoms with Crippen LogP contribution in [-0.4, -0.2) is 61.4 Å². The van der Waals surface area contributed by atoms with Crippen LogP contribution in [0.3, 0.4) is 0 Å². The van der Waals surface area contributed by atoms with Crippen molar-refractivity contribution in [3.05, 3.63) is 0 Å². The van der Waals surface area contributed by atoms with E-state index in [9.17, 15) is 9.59 Å². The van der Waals surface area contributed by atoms with Crippen LogP contribution in [0.1, 0.15) is 19.3 Å². The largest absolute Gasteiger partial charge is 0.480 e. The highest BCUT2D eigenvalue weighted by Gasteiger charge is 2.16. The molecule has 17 heavy (non-hydrogen) atoms. The Balaban J connectivity index is 2.04. The number of aliphatic carboxylic acids is 1. The van der Waals surface area contributed by atoms with Crippen LogP contribution in [0.15, 0.2) is 0 Å². The minimum atomic E-state index is -1.01. The zero-order chi connectivity index (χ0) is 12.7. The normalized spacial score (nSPS) is 19.2. The van der Waals surface area contributed by atoms with E-state index in [1.807, 2.05) is 0 Å². The fourth-order valence-corrected chi connectivity index (χ4v) is 1.63. The maximum Gasteiger partial charge on any atom is 0.323 e. The lowest BCUT2D eigenvalue weighted by molar-refractivity contribution is -0.143. The lowest BCUT2D eigenvalue weighted by Crippen LogP contribution is -2.32. The second-order valence-electron chi connectivity index (χ2n) is 4.10. The van der Waals surface area contributed by atoms with Gasteiger partial charge in [-0.1, -0.05) is 0 Å². The molecule has 1 saturated heterocycles. The molecule has 0 aromatic rings. The van der Waals surface area contributed by atoms with Gasteiger partial charge in [-0.25, -0.2) is 0 Å². The fraction of sp³-hybridized carbons (Fsp3) is 0.818. The smallest absolute Gasteiger partial charge is 0.323 e.